The zero-order valence-electron chi connectivity index (χ0n) is 8.22. The van der Waals surface area contributed by atoms with Gasteiger partial charge < -0.3 is 5.32 Å². The van der Waals surface area contributed by atoms with Crippen molar-refractivity contribution in [3.8, 4) is 0 Å². The third kappa shape index (κ3) is 2.33. The van der Waals surface area contributed by atoms with Crippen LogP contribution in [0.25, 0.3) is 0 Å². The minimum Gasteiger partial charge on any atom is -0.302 e. The summed E-state index contributed by atoms with van der Waals surface area (Å²) in [4.78, 5) is 0. The maximum Gasteiger partial charge on any atom is 0.0789 e. The first-order valence-corrected chi connectivity index (χ1v) is 6.72. The van der Waals surface area contributed by atoms with Crippen LogP contribution in [0.4, 0.5) is 0 Å². The molecule has 0 spiro atoms. The molecule has 1 atom stereocenters. The highest BCUT2D eigenvalue weighted by atomic mass is 79.9. The molecule has 0 amide bonds. The molecule has 0 aliphatic carbocycles. The molecule has 1 unspecified atom stereocenters. The first-order valence-electron chi connectivity index (χ1n) is 4.88. The molecule has 76 valence electrons. The van der Waals surface area contributed by atoms with E-state index in [4.69, 9.17) is 0 Å². The second-order valence-electron chi connectivity index (χ2n) is 3.57. The Hall–Kier alpha value is 0.01000. The molecule has 2 rings (SSSR count). The molecule has 3 heteroatoms. The third-order valence-electron chi connectivity index (χ3n) is 2.43. The number of hydrogen-bond acceptors (Lipinski definition) is 2. The van der Waals surface area contributed by atoms with E-state index in [1.54, 1.807) is 0 Å². The Balaban J connectivity index is 2.18. The van der Waals surface area contributed by atoms with Gasteiger partial charge in [-0.1, -0.05) is 28.1 Å². The molecule has 0 radical (unpaired) electrons. The molecule has 1 N–H and O–H groups in total. The maximum atomic E-state index is 3.58. The fourth-order valence-electron chi connectivity index (χ4n) is 1.55. The van der Waals surface area contributed by atoms with Crippen LogP contribution in [0.15, 0.2) is 22.7 Å². The number of nitrogens with one attached hydrogen (secondary N) is 1. The fraction of sp³-hybridized carbons (Fsp3) is 0.455. The van der Waals surface area contributed by atoms with Crippen LogP contribution in [-0.4, -0.2) is 12.3 Å². The predicted molar refractivity (Wildman–Crippen MR) is 66.7 cm³/mol. The van der Waals surface area contributed by atoms with Crippen LogP contribution in [0.2, 0.25) is 0 Å². The molecule has 1 aliphatic heterocycles. The van der Waals surface area contributed by atoms with Gasteiger partial charge in [0.25, 0.3) is 0 Å². The first kappa shape index (κ1) is 10.5. The number of aryl methyl sites for hydroxylation is 1. The predicted octanol–water partition coefficient (Wildman–Crippen LogP) is 3.48. The standard InChI is InChI=1S/C11H14BrNS/c1-8-3-4-9(7-10(8)12)11-13-5-2-6-14-11/h3-4,7,11,13H,2,5-6H2,1H3. The third-order valence-corrected chi connectivity index (χ3v) is 4.58. The van der Waals surface area contributed by atoms with Crippen molar-refractivity contribution in [2.24, 2.45) is 0 Å². The van der Waals surface area contributed by atoms with E-state index in [-0.39, 0.29) is 0 Å². The summed E-state index contributed by atoms with van der Waals surface area (Å²) >= 11 is 5.57. The quantitative estimate of drug-likeness (QED) is 0.840. The van der Waals surface area contributed by atoms with Gasteiger partial charge in [0.2, 0.25) is 0 Å². The Bertz CT molecular complexity index is 321. The van der Waals surface area contributed by atoms with Crippen LogP contribution in [-0.2, 0) is 0 Å². The molecular weight excluding hydrogens is 258 g/mol. The molecule has 0 aromatic heterocycles. The maximum absolute atomic E-state index is 3.58. The van der Waals surface area contributed by atoms with E-state index in [0.29, 0.717) is 5.37 Å². The van der Waals surface area contributed by atoms with Crippen LogP contribution in [0, 0.1) is 6.92 Å². The molecule has 14 heavy (non-hydrogen) atoms. The van der Waals surface area contributed by atoms with E-state index in [9.17, 15) is 0 Å². The number of rotatable bonds is 1. The molecule has 1 aromatic carbocycles. The van der Waals surface area contributed by atoms with Gasteiger partial charge in [-0.15, -0.1) is 11.8 Å². The van der Waals surface area contributed by atoms with Crippen molar-refractivity contribution in [3.63, 3.8) is 0 Å². The minimum atomic E-state index is 0.487. The van der Waals surface area contributed by atoms with Crippen LogP contribution in [0.1, 0.15) is 22.9 Å². The van der Waals surface area contributed by atoms with E-state index in [0.717, 1.165) is 6.54 Å². The summed E-state index contributed by atoms with van der Waals surface area (Å²) in [6.07, 6.45) is 1.29. The van der Waals surface area contributed by atoms with Gasteiger partial charge in [-0.25, -0.2) is 0 Å². The summed E-state index contributed by atoms with van der Waals surface area (Å²) in [5.41, 5.74) is 2.68. The normalized spacial score (nSPS) is 22.3. The van der Waals surface area contributed by atoms with Crippen molar-refractivity contribution >= 4 is 27.7 Å². The highest BCUT2D eigenvalue weighted by Crippen LogP contribution is 2.31. The van der Waals surface area contributed by atoms with Crippen LogP contribution < -0.4 is 5.32 Å². The van der Waals surface area contributed by atoms with Gasteiger partial charge in [0.1, 0.15) is 0 Å². The average Bonchev–Trinajstić information content (AvgIpc) is 2.23. The number of thioether (sulfide) groups is 1. The minimum absolute atomic E-state index is 0.487. The molecule has 1 saturated heterocycles. The van der Waals surface area contributed by atoms with E-state index in [1.807, 2.05) is 11.8 Å². The van der Waals surface area contributed by atoms with E-state index < -0.39 is 0 Å². The molecule has 1 aliphatic rings. The topological polar surface area (TPSA) is 12.0 Å². The Labute approximate surface area is 97.8 Å². The summed E-state index contributed by atoms with van der Waals surface area (Å²) in [6.45, 7) is 3.26. The van der Waals surface area contributed by atoms with Crippen LogP contribution >= 0.6 is 27.7 Å². The van der Waals surface area contributed by atoms with Crippen LogP contribution in [0.3, 0.4) is 0 Å². The SMILES string of the molecule is Cc1ccc(C2NCCCS2)cc1Br. The van der Waals surface area contributed by atoms with Crippen molar-refractivity contribution in [1.29, 1.82) is 0 Å². The lowest BCUT2D eigenvalue weighted by Gasteiger charge is -2.23. The Morgan fingerprint density at radius 1 is 1.50 bits per heavy atom. The Morgan fingerprint density at radius 3 is 3.00 bits per heavy atom. The average molecular weight is 272 g/mol. The molecule has 1 nitrogen and oxygen atoms in total. The molecule has 0 bridgehead atoms. The van der Waals surface area contributed by atoms with Crippen molar-refractivity contribution in [3.05, 3.63) is 33.8 Å². The van der Waals surface area contributed by atoms with Crippen molar-refractivity contribution in [2.45, 2.75) is 18.7 Å². The number of halogens is 1. The molecule has 1 fully saturated rings. The lowest BCUT2D eigenvalue weighted by atomic mass is 10.1. The highest BCUT2D eigenvalue weighted by molar-refractivity contribution is 9.10. The van der Waals surface area contributed by atoms with Crippen molar-refractivity contribution in [1.82, 2.24) is 5.32 Å². The van der Waals surface area contributed by atoms with Crippen molar-refractivity contribution in [2.75, 3.05) is 12.3 Å². The lowest BCUT2D eigenvalue weighted by molar-refractivity contribution is 0.643. The lowest BCUT2D eigenvalue weighted by Crippen LogP contribution is -2.25. The zero-order valence-corrected chi connectivity index (χ0v) is 10.6. The summed E-state index contributed by atoms with van der Waals surface area (Å²) in [5, 5.41) is 4.01. The molecular formula is C11H14BrNS. The number of hydrogen-bond donors (Lipinski definition) is 1. The van der Waals surface area contributed by atoms with Gasteiger partial charge in [-0.05, 0) is 42.8 Å². The Kier molecular flexibility index (Phi) is 3.52. The fourth-order valence-corrected chi connectivity index (χ4v) is 3.07. The summed E-state index contributed by atoms with van der Waals surface area (Å²) in [5.74, 6) is 1.27. The second kappa shape index (κ2) is 4.69. The molecule has 1 aromatic rings. The van der Waals surface area contributed by atoms with Gasteiger partial charge in [0.05, 0.1) is 5.37 Å². The van der Waals surface area contributed by atoms with Gasteiger partial charge >= 0.3 is 0 Å². The monoisotopic (exact) mass is 271 g/mol. The summed E-state index contributed by atoms with van der Waals surface area (Å²) in [6, 6.07) is 6.62. The highest BCUT2D eigenvalue weighted by Gasteiger charge is 2.15. The van der Waals surface area contributed by atoms with Crippen molar-refractivity contribution < 1.29 is 0 Å². The van der Waals surface area contributed by atoms with Gasteiger partial charge in [-0.2, -0.15) is 0 Å². The van der Waals surface area contributed by atoms with Crippen LogP contribution in [0.5, 0.6) is 0 Å². The van der Waals surface area contributed by atoms with E-state index in [2.05, 4.69) is 46.4 Å². The summed E-state index contributed by atoms with van der Waals surface area (Å²) in [7, 11) is 0. The van der Waals surface area contributed by atoms with E-state index >= 15 is 0 Å². The largest absolute Gasteiger partial charge is 0.302 e. The summed E-state index contributed by atoms with van der Waals surface area (Å²) < 4.78 is 1.21. The van der Waals surface area contributed by atoms with Gasteiger partial charge in [0, 0.05) is 4.47 Å². The smallest absolute Gasteiger partial charge is 0.0789 e. The zero-order chi connectivity index (χ0) is 9.97. The van der Waals surface area contributed by atoms with E-state index in [1.165, 1.54) is 27.8 Å². The molecule has 0 saturated carbocycles. The second-order valence-corrected chi connectivity index (χ2v) is 5.63. The number of benzene rings is 1. The molecule has 1 heterocycles. The Morgan fingerprint density at radius 2 is 2.36 bits per heavy atom. The first-order chi connectivity index (χ1) is 6.77. The van der Waals surface area contributed by atoms with Gasteiger partial charge in [0.15, 0.2) is 0 Å². The van der Waals surface area contributed by atoms with Gasteiger partial charge in [-0.3, -0.25) is 0 Å².